The lowest BCUT2D eigenvalue weighted by molar-refractivity contribution is -0.116. The number of hydrogen-bond donors (Lipinski definition) is 1. The minimum absolute atomic E-state index is 0.0829. The molecule has 2 aromatic rings. The first-order valence-corrected chi connectivity index (χ1v) is 5.01. The van der Waals surface area contributed by atoms with E-state index in [0.29, 0.717) is 6.42 Å². The van der Waals surface area contributed by atoms with Crippen LogP contribution in [0.15, 0.2) is 30.5 Å². The van der Waals surface area contributed by atoms with E-state index in [1.807, 2.05) is 18.2 Å². The van der Waals surface area contributed by atoms with Gasteiger partial charge in [-0.25, -0.2) is 0 Å². The predicted molar refractivity (Wildman–Crippen MR) is 58.7 cm³/mol. The first kappa shape index (κ1) is 8.41. The van der Waals surface area contributed by atoms with E-state index in [0.717, 1.165) is 23.0 Å². The number of nitrogens with one attached hydrogen (secondary N) is 1. The second-order valence-electron chi connectivity index (χ2n) is 3.72. The molecule has 74 valence electrons. The van der Waals surface area contributed by atoms with Gasteiger partial charge in [-0.2, -0.15) is 0 Å². The first-order valence-electron chi connectivity index (χ1n) is 5.01. The third kappa shape index (κ3) is 1.28. The molecule has 15 heavy (non-hydrogen) atoms. The molecule has 0 unspecified atom stereocenters. The van der Waals surface area contributed by atoms with Crippen LogP contribution in [0.3, 0.4) is 0 Å². The molecule has 0 bridgehead atoms. The number of hydrogen-bond acceptors (Lipinski definition) is 2. The SMILES string of the molecule is O=C1CCc2c(cnc3ccccc23)N1. The number of nitrogens with zero attached hydrogens (tertiary/aromatic N) is 1. The van der Waals surface area contributed by atoms with Crippen molar-refractivity contribution in [3.8, 4) is 0 Å². The van der Waals surface area contributed by atoms with Gasteiger partial charge in [-0.05, 0) is 18.1 Å². The van der Waals surface area contributed by atoms with E-state index in [-0.39, 0.29) is 5.91 Å². The smallest absolute Gasteiger partial charge is 0.224 e. The third-order valence-electron chi connectivity index (χ3n) is 2.76. The van der Waals surface area contributed by atoms with Crippen molar-refractivity contribution in [1.29, 1.82) is 0 Å². The summed E-state index contributed by atoms with van der Waals surface area (Å²) < 4.78 is 0. The number of carbonyl (C=O) groups excluding carboxylic acids is 1. The highest BCUT2D eigenvalue weighted by Gasteiger charge is 2.16. The Balaban J connectivity index is 2.30. The Morgan fingerprint density at radius 3 is 3.00 bits per heavy atom. The second-order valence-corrected chi connectivity index (χ2v) is 3.72. The van der Waals surface area contributed by atoms with E-state index in [9.17, 15) is 4.79 Å². The van der Waals surface area contributed by atoms with E-state index < -0.39 is 0 Å². The molecule has 0 aliphatic carbocycles. The molecule has 1 N–H and O–H groups in total. The van der Waals surface area contributed by atoms with Crippen LogP contribution in [-0.2, 0) is 11.2 Å². The van der Waals surface area contributed by atoms with E-state index in [1.165, 1.54) is 5.56 Å². The molecule has 3 heteroatoms. The van der Waals surface area contributed by atoms with Gasteiger partial charge in [0, 0.05) is 11.8 Å². The lowest BCUT2D eigenvalue weighted by Gasteiger charge is -2.17. The molecule has 0 radical (unpaired) electrons. The van der Waals surface area contributed by atoms with Crippen LogP contribution in [0.2, 0.25) is 0 Å². The average molecular weight is 198 g/mol. The van der Waals surface area contributed by atoms with E-state index in [2.05, 4.69) is 16.4 Å². The van der Waals surface area contributed by atoms with Gasteiger partial charge in [0.2, 0.25) is 5.91 Å². The van der Waals surface area contributed by atoms with Crippen molar-refractivity contribution in [2.75, 3.05) is 5.32 Å². The van der Waals surface area contributed by atoms with Crippen LogP contribution in [0.5, 0.6) is 0 Å². The third-order valence-corrected chi connectivity index (χ3v) is 2.76. The Bertz CT molecular complexity index is 548. The van der Waals surface area contributed by atoms with Crippen LogP contribution in [0, 0.1) is 0 Å². The molecule has 2 heterocycles. The summed E-state index contributed by atoms with van der Waals surface area (Å²) >= 11 is 0. The standard InChI is InChI=1S/C12H10N2O/c15-12-6-5-9-8-3-1-2-4-10(8)13-7-11(9)14-12/h1-4,7H,5-6H2,(H,14,15). The van der Waals surface area contributed by atoms with Crippen molar-refractivity contribution in [3.05, 3.63) is 36.0 Å². The minimum atomic E-state index is 0.0829. The van der Waals surface area contributed by atoms with Gasteiger partial charge in [-0.1, -0.05) is 18.2 Å². The lowest BCUT2D eigenvalue weighted by Crippen LogP contribution is -2.19. The Kier molecular flexibility index (Phi) is 1.71. The number of para-hydroxylation sites is 1. The quantitative estimate of drug-likeness (QED) is 0.704. The van der Waals surface area contributed by atoms with Crippen LogP contribution < -0.4 is 5.32 Å². The number of aryl methyl sites for hydroxylation is 1. The summed E-state index contributed by atoms with van der Waals surface area (Å²) in [6.07, 6.45) is 3.12. The predicted octanol–water partition coefficient (Wildman–Crippen LogP) is 2.12. The highest BCUT2D eigenvalue weighted by molar-refractivity contribution is 5.98. The highest BCUT2D eigenvalue weighted by Crippen LogP contribution is 2.28. The lowest BCUT2D eigenvalue weighted by atomic mass is 9.99. The maximum absolute atomic E-state index is 11.2. The first-order chi connectivity index (χ1) is 7.34. The number of rotatable bonds is 0. The fourth-order valence-corrected chi connectivity index (χ4v) is 2.03. The van der Waals surface area contributed by atoms with Gasteiger partial charge < -0.3 is 5.32 Å². The summed E-state index contributed by atoms with van der Waals surface area (Å²) in [6, 6.07) is 8.02. The molecule has 1 aliphatic heterocycles. The van der Waals surface area contributed by atoms with Crippen LogP contribution >= 0.6 is 0 Å². The summed E-state index contributed by atoms with van der Waals surface area (Å²) in [5.41, 5.74) is 3.07. The monoisotopic (exact) mass is 198 g/mol. The average Bonchev–Trinajstić information content (AvgIpc) is 2.28. The van der Waals surface area contributed by atoms with E-state index >= 15 is 0 Å². The van der Waals surface area contributed by atoms with Crippen molar-refractivity contribution in [2.24, 2.45) is 0 Å². The Morgan fingerprint density at radius 1 is 1.20 bits per heavy atom. The largest absolute Gasteiger partial charge is 0.324 e. The second kappa shape index (κ2) is 3.05. The zero-order valence-corrected chi connectivity index (χ0v) is 8.16. The summed E-state index contributed by atoms with van der Waals surface area (Å²) in [7, 11) is 0. The van der Waals surface area contributed by atoms with Gasteiger partial charge >= 0.3 is 0 Å². The van der Waals surface area contributed by atoms with Crippen molar-refractivity contribution >= 4 is 22.5 Å². The van der Waals surface area contributed by atoms with Crippen LogP contribution in [0.1, 0.15) is 12.0 Å². The van der Waals surface area contributed by atoms with Crippen molar-refractivity contribution in [1.82, 2.24) is 4.98 Å². The van der Waals surface area contributed by atoms with Crippen molar-refractivity contribution in [3.63, 3.8) is 0 Å². The van der Waals surface area contributed by atoms with Crippen LogP contribution in [0.4, 0.5) is 5.69 Å². The molecule has 1 aromatic heterocycles. The molecule has 1 amide bonds. The molecule has 1 aromatic carbocycles. The number of benzene rings is 1. The van der Waals surface area contributed by atoms with Gasteiger partial charge in [-0.15, -0.1) is 0 Å². The topological polar surface area (TPSA) is 42.0 Å². The Hall–Kier alpha value is -1.90. The van der Waals surface area contributed by atoms with E-state index in [1.54, 1.807) is 6.20 Å². The summed E-state index contributed by atoms with van der Waals surface area (Å²) in [6.45, 7) is 0. The number of anilines is 1. The molecular weight excluding hydrogens is 188 g/mol. The molecule has 0 spiro atoms. The maximum Gasteiger partial charge on any atom is 0.224 e. The van der Waals surface area contributed by atoms with E-state index in [4.69, 9.17) is 0 Å². The number of amides is 1. The molecule has 0 atom stereocenters. The normalized spacial score (nSPS) is 14.8. The molecule has 1 aliphatic rings. The van der Waals surface area contributed by atoms with Gasteiger partial charge in [-0.3, -0.25) is 9.78 Å². The number of fused-ring (bicyclic) bond motifs is 3. The summed E-state index contributed by atoms with van der Waals surface area (Å²) in [5, 5.41) is 4.00. The molecule has 0 saturated carbocycles. The molecule has 3 rings (SSSR count). The van der Waals surface area contributed by atoms with Gasteiger partial charge in [0.05, 0.1) is 17.4 Å². The molecular formula is C12H10N2O. The summed E-state index contributed by atoms with van der Waals surface area (Å²) in [5.74, 6) is 0.0829. The minimum Gasteiger partial charge on any atom is -0.324 e. The summed E-state index contributed by atoms with van der Waals surface area (Å²) in [4.78, 5) is 15.5. The van der Waals surface area contributed by atoms with Crippen LogP contribution in [-0.4, -0.2) is 10.9 Å². The fourth-order valence-electron chi connectivity index (χ4n) is 2.03. The fraction of sp³-hybridized carbons (Fsp3) is 0.167. The molecule has 0 fully saturated rings. The number of pyridine rings is 1. The van der Waals surface area contributed by atoms with Gasteiger partial charge in [0.15, 0.2) is 0 Å². The number of carbonyl (C=O) groups is 1. The molecule has 3 nitrogen and oxygen atoms in total. The van der Waals surface area contributed by atoms with Gasteiger partial charge in [0.25, 0.3) is 0 Å². The van der Waals surface area contributed by atoms with Crippen molar-refractivity contribution < 1.29 is 4.79 Å². The van der Waals surface area contributed by atoms with Crippen LogP contribution in [0.25, 0.3) is 10.9 Å². The highest BCUT2D eigenvalue weighted by atomic mass is 16.1. The Morgan fingerprint density at radius 2 is 2.07 bits per heavy atom. The Labute approximate surface area is 87.1 Å². The molecule has 0 saturated heterocycles. The number of aromatic nitrogens is 1. The zero-order valence-electron chi connectivity index (χ0n) is 8.16. The maximum atomic E-state index is 11.2. The van der Waals surface area contributed by atoms with Gasteiger partial charge in [0.1, 0.15) is 0 Å². The zero-order chi connectivity index (χ0) is 10.3. The van der Waals surface area contributed by atoms with Crippen molar-refractivity contribution in [2.45, 2.75) is 12.8 Å².